The Bertz CT molecular complexity index is 1550. The lowest BCUT2D eigenvalue weighted by Gasteiger charge is -2.43. The zero-order chi connectivity index (χ0) is 30.7. The van der Waals surface area contributed by atoms with Gasteiger partial charge in [-0.15, -0.1) is 4.36 Å². The average molecular weight is 640 g/mol. The maximum Gasteiger partial charge on any atom is 0.286 e. The molecule has 0 saturated heterocycles. The van der Waals surface area contributed by atoms with Crippen LogP contribution in [0.1, 0.15) is 72.9 Å². The summed E-state index contributed by atoms with van der Waals surface area (Å²) in [4.78, 5) is 28.6. The first-order valence-corrected chi connectivity index (χ1v) is 18.0. The van der Waals surface area contributed by atoms with Crippen molar-refractivity contribution in [2.45, 2.75) is 70.4 Å². The quantitative estimate of drug-likeness (QED) is 0.385. The number of hydrogen-bond donors (Lipinski definition) is 1. The zero-order valence-electron chi connectivity index (χ0n) is 25.3. The van der Waals surface area contributed by atoms with E-state index in [0.29, 0.717) is 49.1 Å². The minimum absolute atomic E-state index is 0.0241. The van der Waals surface area contributed by atoms with Crippen LogP contribution in [0.2, 0.25) is 5.02 Å². The van der Waals surface area contributed by atoms with E-state index < -0.39 is 15.8 Å². The molecule has 2 heterocycles. The van der Waals surface area contributed by atoms with Crippen molar-refractivity contribution >= 4 is 39.0 Å². The first-order chi connectivity index (χ1) is 21.3. The summed E-state index contributed by atoms with van der Waals surface area (Å²) >= 11 is 6.43. The maximum atomic E-state index is 14.0. The standard InChI is InChI=1S/C34H42ClN3O5S/c1-42-31-8-3-2-6-18-44(41,36-33(39)23-9-10-23)37-34(40)25-13-16-32-30(20-25)38(22-27-12-15-29(27)31)21-26-11-14-28(35)19-24(26)7-4-5-17-43-32/h3,8,11,13-14,16,19-20,23,27,29,31H,2,4-7,9-10,12,15,17-18,21-22H2,1H3,(H,36,37,39,40,41)/b8-3+/t27-,29+,31-,44?/m0/s1. The number of aryl methyl sites for hydroxylation is 1. The number of halogens is 1. The van der Waals surface area contributed by atoms with Crippen LogP contribution in [0.5, 0.6) is 5.75 Å². The van der Waals surface area contributed by atoms with Gasteiger partial charge in [-0.1, -0.05) is 29.8 Å². The van der Waals surface area contributed by atoms with Crippen LogP contribution < -0.4 is 14.4 Å². The van der Waals surface area contributed by atoms with Crippen molar-refractivity contribution in [3.63, 3.8) is 0 Å². The van der Waals surface area contributed by atoms with E-state index >= 15 is 0 Å². The number of carbonyl (C=O) groups is 2. The fourth-order valence-corrected chi connectivity index (χ4v) is 8.35. The highest BCUT2D eigenvalue weighted by molar-refractivity contribution is 7.92. The Hall–Kier alpha value is -2.88. The number of methoxy groups -OCH3 is 1. The van der Waals surface area contributed by atoms with E-state index in [0.717, 1.165) is 62.2 Å². The Labute approximate surface area is 265 Å². The number of carbonyl (C=O) groups excluding carboxylic acids is 2. The Morgan fingerprint density at radius 1 is 1.09 bits per heavy atom. The van der Waals surface area contributed by atoms with E-state index in [1.807, 2.05) is 18.2 Å². The smallest absolute Gasteiger partial charge is 0.286 e. The molecule has 0 spiro atoms. The van der Waals surface area contributed by atoms with Gasteiger partial charge in [-0.05, 0) is 111 Å². The lowest BCUT2D eigenvalue weighted by Crippen LogP contribution is -2.43. The Morgan fingerprint density at radius 2 is 1.95 bits per heavy atom. The first-order valence-electron chi connectivity index (χ1n) is 15.9. The van der Waals surface area contributed by atoms with Crippen LogP contribution in [0.3, 0.4) is 0 Å². The summed E-state index contributed by atoms with van der Waals surface area (Å²) < 4.78 is 33.1. The van der Waals surface area contributed by atoms with E-state index in [1.165, 1.54) is 11.1 Å². The molecule has 2 aliphatic carbocycles. The molecular formula is C34H42ClN3O5S. The van der Waals surface area contributed by atoms with E-state index in [4.69, 9.17) is 21.1 Å². The molecule has 236 valence electrons. The summed E-state index contributed by atoms with van der Waals surface area (Å²) in [5.41, 5.74) is 3.56. The third-order valence-electron chi connectivity index (χ3n) is 9.36. The van der Waals surface area contributed by atoms with Gasteiger partial charge in [-0.2, -0.15) is 0 Å². The van der Waals surface area contributed by atoms with Gasteiger partial charge in [0.15, 0.2) is 0 Å². The molecule has 44 heavy (non-hydrogen) atoms. The number of benzene rings is 2. The predicted molar refractivity (Wildman–Crippen MR) is 173 cm³/mol. The van der Waals surface area contributed by atoms with Gasteiger partial charge in [0.25, 0.3) is 5.91 Å². The minimum atomic E-state index is -3.30. The van der Waals surface area contributed by atoms with Crippen molar-refractivity contribution in [2.24, 2.45) is 22.1 Å². The number of rotatable bonds is 3. The monoisotopic (exact) mass is 639 g/mol. The molecule has 4 atom stereocenters. The number of amides is 2. The summed E-state index contributed by atoms with van der Waals surface area (Å²) in [6, 6.07) is 11.5. The number of ether oxygens (including phenoxy) is 2. The molecule has 2 aromatic carbocycles. The topological polar surface area (TPSA) is 97.3 Å². The van der Waals surface area contributed by atoms with Gasteiger partial charge in [-0.3, -0.25) is 14.3 Å². The first kappa shape index (κ1) is 31.1. The van der Waals surface area contributed by atoms with Crippen LogP contribution in [-0.2, 0) is 32.4 Å². The lowest BCUT2D eigenvalue weighted by molar-refractivity contribution is -0.120. The summed E-state index contributed by atoms with van der Waals surface area (Å²) in [5.74, 6) is 0.538. The average Bonchev–Trinajstić information content (AvgIpc) is 3.84. The van der Waals surface area contributed by atoms with Gasteiger partial charge in [0.1, 0.15) is 15.7 Å². The molecule has 2 amide bonds. The van der Waals surface area contributed by atoms with Crippen LogP contribution in [0, 0.1) is 17.8 Å². The molecule has 2 fully saturated rings. The predicted octanol–water partition coefficient (Wildman–Crippen LogP) is 6.50. The molecule has 6 rings (SSSR count). The molecule has 1 N–H and O–H groups in total. The number of hydrogen-bond acceptors (Lipinski definition) is 6. The number of nitrogens with one attached hydrogen (secondary N) is 1. The van der Waals surface area contributed by atoms with Crippen LogP contribution in [0.25, 0.3) is 0 Å². The number of allylic oxidation sites excluding steroid dienone is 1. The molecule has 0 aromatic heterocycles. The van der Waals surface area contributed by atoms with Crippen molar-refractivity contribution in [1.29, 1.82) is 0 Å². The van der Waals surface area contributed by atoms with Crippen molar-refractivity contribution < 1.29 is 23.3 Å². The zero-order valence-corrected chi connectivity index (χ0v) is 26.9. The van der Waals surface area contributed by atoms with Crippen LogP contribution in [0.15, 0.2) is 52.9 Å². The van der Waals surface area contributed by atoms with Gasteiger partial charge in [0.2, 0.25) is 5.91 Å². The summed E-state index contributed by atoms with van der Waals surface area (Å²) in [7, 11) is -1.54. The summed E-state index contributed by atoms with van der Waals surface area (Å²) in [6.45, 7) is 1.94. The van der Waals surface area contributed by atoms with Crippen molar-refractivity contribution in [3.8, 4) is 5.75 Å². The van der Waals surface area contributed by atoms with Gasteiger partial charge < -0.3 is 14.4 Å². The highest BCUT2D eigenvalue weighted by Gasteiger charge is 2.38. The minimum Gasteiger partial charge on any atom is -0.491 e. The molecule has 8 nitrogen and oxygen atoms in total. The molecule has 0 radical (unpaired) electrons. The Kier molecular flexibility index (Phi) is 9.64. The van der Waals surface area contributed by atoms with Crippen molar-refractivity contribution in [3.05, 3.63) is 70.3 Å². The number of anilines is 1. The lowest BCUT2D eigenvalue weighted by atomic mass is 9.70. The largest absolute Gasteiger partial charge is 0.491 e. The second-order valence-electron chi connectivity index (χ2n) is 12.5. The molecule has 10 heteroatoms. The van der Waals surface area contributed by atoms with Gasteiger partial charge in [0.05, 0.1) is 24.2 Å². The molecule has 1 unspecified atom stereocenters. The fourth-order valence-electron chi connectivity index (χ4n) is 6.51. The molecule has 2 saturated carbocycles. The van der Waals surface area contributed by atoms with E-state index in [-0.39, 0.29) is 23.7 Å². The van der Waals surface area contributed by atoms with Crippen molar-refractivity contribution in [2.75, 3.05) is 30.9 Å². The molecule has 2 aliphatic heterocycles. The molecular weight excluding hydrogens is 598 g/mol. The van der Waals surface area contributed by atoms with Gasteiger partial charge in [-0.25, -0.2) is 4.21 Å². The molecule has 2 bridgehead atoms. The summed E-state index contributed by atoms with van der Waals surface area (Å²) in [5, 5.41) is 0.726. The van der Waals surface area contributed by atoms with Gasteiger partial charge >= 0.3 is 0 Å². The molecule has 4 aliphatic rings. The highest BCUT2D eigenvalue weighted by Crippen LogP contribution is 2.42. The Morgan fingerprint density at radius 3 is 2.73 bits per heavy atom. The van der Waals surface area contributed by atoms with Crippen LogP contribution >= 0.6 is 11.6 Å². The Balaban J connectivity index is 1.44. The summed E-state index contributed by atoms with van der Waals surface area (Å²) in [6.07, 6.45) is 11.8. The molecule has 2 aromatic rings. The van der Waals surface area contributed by atoms with E-state index in [9.17, 15) is 13.8 Å². The van der Waals surface area contributed by atoms with Crippen LogP contribution in [0.4, 0.5) is 5.69 Å². The number of nitrogens with zero attached hydrogens (tertiary/aromatic N) is 2. The van der Waals surface area contributed by atoms with Crippen LogP contribution in [-0.4, -0.2) is 48.1 Å². The fraction of sp³-hybridized carbons (Fsp3) is 0.529. The van der Waals surface area contributed by atoms with E-state index in [1.54, 1.807) is 13.2 Å². The normalized spacial score (nSPS) is 28.5. The third kappa shape index (κ3) is 7.32. The SMILES string of the molecule is CO[C@H]1/C=C/CCCS(=O)(NC(=O)C2CC2)=NC(=O)c2ccc3c(c2)N(Cc2ccc(Cl)cc2CCCCO3)C[C@@H]2CC[C@H]21. The van der Waals surface area contributed by atoms with Crippen molar-refractivity contribution in [1.82, 2.24) is 4.72 Å². The third-order valence-corrected chi connectivity index (χ3v) is 11.4. The van der Waals surface area contributed by atoms with Gasteiger partial charge in [0, 0.05) is 36.7 Å². The highest BCUT2D eigenvalue weighted by atomic mass is 35.5. The van der Waals surface area contributed by atoms with E-state index in [2.05, 4.69) is 38.3 Å². The second-order valence-corrected chi connectivity index (χ2v) is 15.0. The number of fused-ring (bicyclic) bond motifs is 3. The second kappa shape index (κ2) is 13.6. The maximum absolute atomic E-state index is 14.0.